The van der Waals surface area contributed by atoms with Gasteiger partial charge in [-0.15, -0.1) is 0 Å². The minimum atomic E-state index is -0.464. The third-order valence-corrected chi connectivity index (χ3v) is 3.48. The zero-order valence-electron chi connectivity index (χ0n) is 7.06. The fraction of sp³-hybridized carbons (Fsp3) is 1.00. The van der Waals surface area contributed by atoms with Gasteiger partial charge in [-0.05, 0) is 31.1 Å². The first-order chi connectivity index (χ1) is 5.36. The molecule has 2 saturated carbocycles. The molecule has 0 heterocycles. The van der Waals surface area contributed by atoms with E-state index >= 15 is 0 Å². The van der Waals surface area contributed by atoms with Crippen LogP contribution in [0.15, 0.2) is 0 Å². The van der Waals surface area contributed by atoms with E-state index in [1.165, 1.54) is 32.1 Å². The summed E-state index contributed by atoms with van der Waals surface area (Å²) in [5.41, 5.74) is 0. The molecule has 0 bridgehead atoms. The molecule has 0 aromatic rings. The van der Waals surface area contributed by atoms with Crippen molar-refractivity contribution in [3.05, 3.63) is 0 Å². The normalized spacial score (nSPS) is 45.0. The number of halogens is 1. The van der Waals surface area contributed by atoms with E-state index < -0.39 is 6.17 Å². The first kappa shape index (κ1) is 7.57. The van der Waals surface area contributed by atoms with Gasteiger partial charge in [-0.1, -0.05) is 25.7 Å². The van der Waals surface area contributed by atoms with Crippen LogP contribution in [0.3, 0.4) is 0 Å². The molecule has 0 spiro atoms. The van der Waals surface area contributed by atoms with Gasteiger partial charge in [-0.3, -0.25) is 0 Å². The van der Waals surface area contributed by atoms with E-state index in [-0.39, 0.29) is 0 Å². The summed E-state index contributed by atoms with van der Waals surface area (Å²) in [5.74, 6) is 1.66. The summed E-state index contributed by atoms with van der Waals surface area (Å²) in [6.45, 7) is 0. The molecule has 0 nitrogen and oxygen atoms in total. The molecule has 0 saturated heterocycles. The second-order valence-corrected chi connectivity index (χ2v) is 4.21. The van der Waals surface area contributed by atoms with E-state index in [4.69, 9.17) is 0 Å². The lowest BCUT2D eigenvalue weighted by atomic mass is 9.70. The molecule has 2 fully saturated rings. The Bertz CT molecular complexity index is 133. The third kappa shape index (κ3) is 1.57. The Morgan fingerprint density at radius 3 is 2.36 bits per heavy atom. The zero-order chi connectivity index (χ0) is 7.68. The lowest BCUT2D eigenvalue weighted by Gasteiger charge is -2.36. The summed E-state index contributed by atoms with van der Waals surface area (Å²) in [7, 11) is 0. The molecular weight excluding hydrogens is 139 g/mol. The molecule has 2 rings (SSSR count). The summed E-state index contributed by atoms with van der Waals surface area (Å²) < 4.78 is 13.0. The van der Waals surface area contributed by atoms with Crippen molar-refractivity contribution in [3.8, 4) is 0 Å². The molecule has 3 atom stereocenters. The van der Waals surface area contributed by atoms with Crippen LogP contribution in [-0.2, 0) is 0 Å². The van der Waals surface area contributed by atoms with Crippen LogP contribution in [0.2, 0.25) is 0 Å². The van der Waals surface area contributed by atoms with E-state index in [2.05, 4.69) is 0 Å². The largest absolute Gasteiger partial charge is 0.247 e. The summed E-state index contributed by atoms with van der Waals surface area (Å²) in [4.78, 5) is 0. The first-order valence-corrected chi connectivity index (χ1v) is 5.00. The van der Waals surface area contributed by atoms with E-state index in [9.17, 15) is 4.39 Å². The van der Waals surface area contributed by atoms with Crippen LogP contribution in [0.1, 0.15) is 44.9 Å². The molecule has 0 aliphatic heterocycles. The summed E-state index contributed by atoms with van der Waals surface area (Å²) in [6, 6.07) is 0. The maximum absolute atomic E-state index is 13.0. The van der Waals surface area contributed by atoms with Crippen LogP contribution >= 0.6 is 0 Å². The third-order valence-electron chi connectivity index (χ3n) is 3.48. The van der Waals surface area contributed by atoms with Gasteiger partial charge in [-0.25, -0.2) is 4.39 Å². The first-order valence-electron chi connectivity index (χ1n) is 5.00. The molecule has 3 unspecified atom stereocenters. The lowest BCUT2D eigenvalue weighted by Crippen LogP contribution is -2.28. The van der Waals surface area contributed by atoms with Gasteiger partial charge in [0.1, 0.15) is 6.17 Å². The number of rotatable bonds is 0. The average Bonchev–Trinajstić information content (AvgIpc) is 2.04. The molecule has 0 aromatic heterocycles. The average molecular weight is 156 g/mol. The van der Waals surface area contributed by atoms with Crippen LogP contribution in [-0.4, -0.2) is 6.17 Å². The molecule has 0 radical (unpaired) electrons. The van der Waals surface area contributed by atoms with Gasteiger partial charge in [0, 0.05) is 0 Å². The predicted molar refractivity (Wildman–Crippen MR) is 44.2 cm³/mol. The standard InChI is InChI=1S/C10H17F/c11-10-6-5-8-3-1-2-4-9(8)7-10/h8-10H,1-7H2. The number of hydrogen-bond acceptors (Lipinski definition) is 0. The van der Waals surface area contributed by atoms with Crippen molar-refractivity contribution in [2.75, 3.05) is 0 Å². The van der Waals surface area contributed by atoms with Crippen molar-refractivity contribution in [2.45, 2.75) is 51.1 Å². The number of alkyl halides is 1. The van der Waals surface area contributed by atoms with Crippen molar-refractivity contribution < 1.29 is 4.39 Å². The van der Waals surface area contributed by atoms with Gasteiger partial charge in [0.05, 0.1) is 0 Å². The Balaban J connectivity index is 1.93. The fourth-order valence-electron chi connectivity index (χ4n) is 2.82. The van der Waals surface area contributed by atoms with Crippen molar-refractivity contribution in [2.24, 2.45) is 11.8 Å². The lowest BCUT2D eigenvalue weighted by molar-refractivity contribution is 0.104. The Kier molecular flexibility index (Phi) is 2.15. The van der Waals surface area contributed by atoms with Crippen molar-refractivity contribution in [1.82, 2.24) is 0 Å². The SMILES string of the molecule is FC1CCC2CCCCC2C1. The van der Waals surface area contributed by atoms with Crippen molar-refractivity contribution in [3.63, 3.8) is 0 Å². The second kappa shape index (κ2) is 3.12. The summed E-state index contributed by atoms with van der Waals surface area (Å²) in [5, 5.41) is 0. The van der Waals surface area contributed by atoms with Gasteiger partial charge >= 0.3 is 0 Å². The van der Waals surface area contributed by atoms with Crippen LogP contribution in [0, 0.1) is 11.8 Å². The van der Waals surface area contributed by atoms with Crippen LogP contribution in [0.5, 0.6) is 0 Å². The monoisotopic (exact) mass is 156 g/mol. The predicted octanol–water partition coefficient (Wildman–Crippen LogP) is 3.31. The van der Waals surface area contributed by atoms with Gasteiger partial charge in [0.25, 0.3) is 0 Å². The highest BCUT2D eigenvalue weighted by Crippen LogP contribution is 2.41. The highest BCUT2D eigenvalue weighted by Gasteiger charge is 2.31. The molecule has 0 amide bonds. The van der Waals surface area contributed by atoms with Gasteiger partial charge in [0.15, 0.2) is 0 Å². The Hall–Kier alpha value is -0.0700. The molecule has 1 heteroatoms. The van der Waals surface area contributed by atoms with E-state index in [0.717, 1.165) is 24.7 Å². The zero-order valence-corrected chi connectivity index (χ0v) is 7.06. The number of fused-ring (bicyclic) bond motifs is 1. The Morgan fingerprint density at radius 1 is 0.818 bits per heavy atom. The minimum absolute atomic E-state index is 0.464. The smallest absolute Gasteiger partial charge is 0.100 e. The van der Waals surface area contributed by atoms with Crippen molar-refractivity contribution >= 4 is 0 Å². The van der Waals surface area contributed by atoms with E-state index in [0.29, 0.717) is 0 Å². The van der Waals surface area contributed by atoms with Gasteiger partial charge < -0.3 is 0 Å². The minimum Gasteiger partial charge on any atom is -0.247 e. The molecule has 0 N–H and O–H groups in total. The second-order valence-electron chi connectivity index (χ2n) is 4.21. The van der Waals surface area contributed by atoms with E-state index in [1.54, 1.807) is 0 Å². The van der Waals surface area contributed by atoms with Crippen LogP contribution < -0.4 is 0 Å². The molecule has 2 aliphatic rings. The van der Waals surface area contributed by atoms with Gasteiger partial charge in [-0.2, -0.15) is 0 Å². The molecule has 0 aromatic carbocycles. The molecule has 64 valence electrons. The highest BCUT2D eigenvalue weighted by molar-refractivity contribution is 4.82. The van der Waals surface area contributed by atoms with Crippen LogP contribution in [0.4, 0.5) is 4.39 Å². The Morgan fingerprint density at radius 2 is 1.55 bits per heavy atom. The van der Waals surface area contributed by atoms with Crippen LogP contribution in [0.25, 0.3) is 0 Å². The number of hydrogen-bond donors (Lipinski definition) is 0. The Labute approximate surface area is 68.2 Å². The highest BCUT2D eigenvalue weighted by atomic mass is 19.1. The molecule has 11 heavy (non-hydrogen) atoms. The fourth-order valence-corrected chi connectivity index (χ4v) is 2.82. The molecular formula is C10H17F. The topological polar surface area (TPSA) is 0 Å². The quantitative estimate of drug-likeness (QED) is 0.504. The molecule has 2 aliphatic carbocycles. The maximum Gasteiger partial charge on any atom is 0.100 e. The maximum atomic E-state index is 13.0. The van der Waals surface area contributed by atoms with E-state index in [1.807, 2.05) is 0 Å². The van der Waals surface area contributed by atoms with Crippen molar-refractivity contribution in [1.29, 1.82) is 0 Å². The van der Waals surface area contributed by atoms with Gasteiger partial charge in [0.2, 0.25) is 0 Å². The summed E-state index contributed by atoms with van der Waals surface area (Å²) >= 11 is 0. The summed E-state index contributed by atoms with van der Waals surface area (Å²) in [6.07, 6.45) is 7.89.